The maximum Gasteiger partial charge on any atom is 0.165 e. The monoisotopic (exact) mass is 328 g/mol. The number of hydrogen-bond donors (Lipinski definition) is 0. The number of carbonyl (C=O) groups excluding carboxylic acids is 1. The van der Waals surface area contributed by atoms with Gasteiger partial charge in [0.05, 0.1) is 7.11 Å². The van der Waals surface area contributed by atoms with Gasteiger partial charge >= 0.3 is 0 Å². The summed E-state index contributed by atoms with van der Waals surface area (Å²) in [6.07, 6.45) is 0.819. The molecule has 2 rings (SSSR count). The molecule has 24 heavy (non-hydrogen) atoms. The molecule has 0 bridgehead atoms. The van der Waals surface area contributed by atoms with Crippen molar-refractivity contribution in [2.45, 2.75) is 34.1 Å². The highest BCUT2D eigenvalue weighted by Crippen LogP contribution is 2.27. The van der Waals surface area contributed by atoms with E-state index in [2.05, 4.69) is 19.1 Å². The summed E-state index contributed by atoms with van der Waals surface area (Å²) in [4.78, 5) is 12.6. The second-order valence-corrected chi connectivity index (χ2v) is 6.60. The molecule has 2 aromatic carbocycles. The predicted octanol–water partition coefficient (Wildman–Crippen LogP) is 5.15. The van der Waals surface area contributed by atoms with E-state index in [4.69, 9.17) is 4.74 Å². The summed E-state index contributed by atoms with van der Waals surface area (Å²) in [7, 11) is 1.68. The van der Waals surface area contributed by atoms with E-state index in [1.54, 1.807) is 19.2 Å². The van der Waals surface area contributed by atoms with Gasteiger partial charge in [0.2, 0.25) is 0 Å². The number of rotatable bonds is 6. The van der Waals surface area contributed by atoms with Crippen LogP contribution >= 0.6 is 0 Å². The van der Waals surface area contributed by atoms with E-state index < -0.39 is 0 Å². The minimum atomic E-state index is -0.323. The van der Waals surface area contributed by atoms with Crippen LogP contribution in [0.25, 0.3) is 0 Å². The Labute approximate surface area is 143 Å². The van der Waals surface area contributed by atoms with E-state index in [9.17, 15) is 9.18 Å². The van der Waals surface area contributed by atoms with E-state index in [0.717, 1.165) is 23.3 Å². The van der Waals surface area contributed by atoms with Crippen LogP contribution in [0, 0.1) is 31.5 Å². The number of methoxy groups -OCH3 is 1. The van der Waals surface area contributed by atoms with Crippen molar-refractivity contribution in [3.05, 3.63) is 64.5 Å². The fourth-order valence-electron chi connectivity index (χ4n) is 3.16. The van der Waals surface area contributed by atoms with Crippen molar-refractivity contribution in [3.8, 4) is 5.75 Å². The van der Waals surface area contributed by atoms with E-state index in [-0.39, 0.29) is 23.4 Å². The van der Waals surface area contributed by atoms with Crippen molar-refractivity contribution < 1.29 is 13.9 Å². The van der Waals surface area contributed by atoms with Crippen molar-refractivity contribution >= 4 is 5.78 Å². The third-order valence-corrected chi connectivity index (χ3v) is 4.68. The molecule has 0 spiro atoms. The Balaban J connectivity index is 2.12. The summed E-state index contributed by atoms with van der Waals surface area (Å²) in [5, 5.41) is 0. The van der Waals surface area contributed by atoms with Gasteiger partial charge in [0.15, 0.2) is 5.78 Å². The Morgan fingerprint density at radius 2 is 1.62 bits per heavy atom. The zero-order valence-corrected chi connectivity index (χ0v) is 15.0. The first-order valence-corrected chi connectivity index (χ1v) is 8.27. The second kappa shape index (κ2) is 7.61. The number of carbonyl (C=O) groups is 1. The number of Topliss-reactive ketones (excluding diaryl/α,β-unsaturated/α-hetero) is 1. The van der Waals surface area contributed by atoms with Gasteiger partial charge in [-0.05, 0) is 67.1 Å². The fraction of sp³-hybridized carbons (Fsp3) is 0.381. The second-order valence-electron chi connectivity index (χ2n) is 6.60. The summed E-state index contributed by atoms with van der Waals surface area (Å²) in [5.74, 6) is 0.718. The first-order valence-electron chi connectivity index (χ1n) is 8.27. The molecular weight excluding hydrogens is 303 g/mol. The Bertz CT molecular complexity index is 696. The molecule has 0 fully saturated rings. The summed E-state index contributed by atoms with van der Waals surface area (Å²) in [6, 6.07) is 10.0. The molecule has 0 amide bonds. The van der Waals surface area contributed by atoms with Crippen LogP contribution in [0.4, 0.5) is 4.39 Å². The third-order valence-electron chi connectivity index (χ3n) is 4.68. The molecule has 2 nitrogen and oxygen atoms in total. The largest absolute Gasteiger partial charge is 0.496 e. The van der Waals surface area contributed by atoms with Gasteiger partial charge in [-0.25, -0.2) is 4.39 Å². The number of hydrogen-bond acceptors (Lipinski definition) is 2. The Morgan fingerprint density at radius 1 is 1.08 bits per heavy atom. The fourth-order valence-corrected chi connectivity index (χ4v) is 3.16. The zero-order chi connectivity index (χ0) is 17.9. The average molecular weight is 328 g/mol. The predicted molar refractivity (Wildman–Crippen MR) is 95.2 cm³/mol. The molecule has 2 atom stereocenters. The average Bonchev–Trinajstić information content (AvgIpc) is 2.54. The van der Waals surface area contributed by atoms with Crippen LogP contribution in [0.15, 0.2) is 36.4 Å². The highest BCUT2D eigenvalue weighted by atomic mass is 19.1. The van der Waals surface area contributed by atoms with Crippen molar-refractivity contribution in [2.75, 3.05) is 7.11 Å². The van der Waals surface area contributed by atoms with Gasteiger partial charge in [-0.15, -0.1) is 0 Å². The topological polar surface area (TPSA) is 26.3 Å². The Hall–Kier alpha value is -2.16. The van der Waals surface area contributed by atoms with Crippen molar-refractivity contribution in [1.82, 2.24) is 0 Å². The quantitative estimate of drug-likeness (QED) is 0.686. The van der Waals surface area contributed by atoms with Crippen LogP contribution < -0.4 is 4.74 Å². The molecule has 0 saturated heterocycles. The number of ether oxygens (including phenoxy) is 1. The first kappa shape index (κ1) is 18.2. The van der Waals surface area contributed by atoms with E-state index in [1.165, 1.54) is 17.7 Å². The van der Waals surface area contributed by atoms with E-state index in [0.29, 0.717) is 5.56 Å². The summed E-state index contributed by atoms with van der Waals surface area (Å²) >= 11 is 0. The molecule has 0 aliphatic rings. The number of ketones is 1. The number of benzene rings is 2. The maximum absolute atomic E-state index is 13.0. The molecule has 3 heteroatoms. The van der Waals surface area contributed by atoms with Crippen LogP contribution in [-0.2, 0) is 6.42 Å². The molecular formula is C21H25FO2. The number of halogens is 1. The lowest BCUT2D eigenvalue weighted by atomic mass is 9.84. The van der Waals surface area contributed by atoms with E-state index >= 15 is 0 Å². The summed E-state index contributed by atoms with van der Waals surface area (Å²) in [6.45, 7) is 8.10. The van der Waals surface area contributed by atoms with Gasteiger partial charge in [0, 0.05) is 11.5 Å². The van der Waals surface area contributed by atoms with Gasteiger partial charge < -0.3 is 4.74 Å². The molecule has 2 aromatic rings. The minimum Gasteiger partial charge on any atom is -0.496 e. The number of aryl methyl sites for hydroxylation is 2. The van der Waals surface area contributed by atoms with Crippen molar-refractivity contribution in [1.29, 1.82) is 0 Å². The van der Waals surface area contributed by atoms with Crippen LogP contribution in [0.3, 0.4) is 0 Å². The first-order chi connectivity index (χ1) is 11.3. The molecule has 0 aromatic heterocycles. The van der Waals surface area contributed by atoms with Crippen LogP contribution in [0.2, 0.25) is 0 Å². The lowest BCUT2D eigenvalue weighted by Gasteiger charge is -2.20. The molecule has 0 radical (unpaired) electrons. The maximum atomic E-state index is 13.0. The molecule has 0 aliphatic heterocycles. The molecule has 0 N–H and O–H groups in total. The zero-order valence-electron chi connectivity index (χ0n) is 15.0. The van der Waals surface area contributed by atoms with Gasteiger partial charge in [-0.3, -0.25) is 4.79 Å². The standard InChI is InChI=1S/C21H25FO2/c1-13(10-17-11-14(2)21(24-5)15(3)12-17)16(4)20(23)18-6-8-19(22)9-7-18/h6-9,11-13,16H,10H2,1-5H3/t13-,16?/m1/s1. The summed E-state index contributed by atoms with van der Waals surface area (Å²) < 4.78 is 18.4. The molecule has 0 aliphatic carbocycles. The van der Waals surface area contributed by atoms with Crippen molar-refractivity contribution in [2.24, 2.45) is 11.8 Å². The van der Waals surface area contributed by atoms with Crippen LogP contribution in [0.5, 0.6) is 5.75 Å². The smallest absolute Gasteiger partial charge is 0.165 e. The normalized spacial score (nSPS) is 13.4. The lowest BCUT2D eigenvalue weighted by Crippen LogP contribution is -2.21. The van der Waals surface area contributed by atoms with Gasteiger partial charge in [-0.1, -0.05) is 26.0 Å². The van der Waals surface area contributed by atoms with Crippen molar-refractivity contribution in [3.63, 3.8) is 0 Å². The van der Waals surface area contributed by atoms with Gasteiger partial charge in [0.1, 0.15) is 11.6 Å². The van der Waals surface area contributed by atoms with Crippen LogP contribution in [0.1, 0.15) is 40.9 Å². The highest BCUT2D eigenvalue weighted by molar-refractivity contribution is 5.97. The minimum absolute atomic E-state index is 0.0597. The molecule has 1 unspecified atom stereocenters. The third kappa shape index (κ3) is 4.02. The lowest BCUT2D eigenvalue weighted by molar-refractivity contribution is 0.0893. The molecule has 128 valence electrons. The SMILES string of the molecule is COc1c(C)cc(C[C@@H](C)C(C)C(=O)c2ccc(F)cc2)cc1C. The molecule has 0 heterocycles. The van der Waals surface area contributed by atoms with Crippen LogP contribution in [-0.4, -0.2) is 12.9 Å². The van der Waals surface area contributed by atoms with Gasteiger partial charge in [0.25, 0.3) is 0 Å². The molecule has 0 saturated carbocycles. The Morgan fingerprint density at radius 3 is 2.12 bits per heavy atom. The van der Waals surface area contributed by atoms with E-state index in [1.807, 2.05) is 20.8 Å². The van der Waals surface area contributed by atoms with Gasteiger partial charge in [-0.2, -0.15) is 0 Å². The summed E-state index contributed by atoms with van der Waals surface area (Å²) in [5.41, 5.74) is 3.99. The Kier molecular flexibility index (Phi) is 5.76. The highest BCUT2D eigenvalue weighted by Gasteiger charge is 2.22.